The monoisotopic (exact) mass is 573 g/mol. The molecule has 0 aliphatic heterocycles. The van der Waals surface area contributed by atoms with Crippen LogP contribution in [0.25, 0.3) is 76.8 Å². The molecule has 0 unspecified atom stereocenters. The fourth-order valence-electron chi connectivity index (χ4n) is 7.79. The summed E-state index contributed by atoms with van der Waals surface area (Å²) < 4.78 is 0. The van der Waals surface area contributed by atoms with Gasteiger partial charge < -0.3 is 0 Å². The Labute approximate surface area is 263 Å². The van der Waals surface area contributed by atoms with Crippen LogP contribution in [-0.4, -0.2) is 4.98 Å². The lowest BCUT2D eigenvalue weighted by Crippen LogP contribution is -2.14. The molecule has 1 heteroatoms. The van der Waals surface area contributed by atoms with Gasteiger partial charge in [-0.3, -0.25) is 4.98 Å². The van der Waals surface area contributed by atoms with Gasteiger partial charge in [0.05, 0.1) is 0 Å². The number of rotatable bonds is 3. The Kier molecular flexibility index (Phi) is 5.61. The molecule has 0 N–H and O–H groups in total. The minimum Gasteiger partial charge on any atom is -0.264 e. The minimum atomic E-state index is -0.0539. The molecular formula is C44H31N. The van der Waals surface area contributed by atoms with Crippen molar-refractivity contribution in [3.05, 3.63) is 163 Å². The molecule has 0 amide bonds. The lowest BCUT2D eigenvalue weighted by molar-refractivity contribution is 0.660. The molecule has 0 bridgehead atoms. The molecular weight excluding hydrogens is 542 g/mol. The third kappa shape index (κ3) is 3.84. The predicted molar refractivity (Wildman–Crippen MR) is 191 cm³/mol. The summed E-state index contributed by atoms with van der Waals surface area (Å²) in [5.74, 6) is 0. The molecule has 7 aromatic carbocycles. The maximum Gasteiger partial charge on any atom is 0.0353 e. The van der Waals surface area contributed by atoms with E-state index in [-0.39, 0.29) is 5.41 Å². The first-order valence-electron chi connectivity index (χ1n) is 15.7. The van der Waals surface area contributed by atoms with Gasteiger partial charge >= 0.3 is 0 Å². The van der Waals surface area contributed by atoms with Crippen LogP contribution in [0.3, 0.4) is 0 Å². The SMILES string of the molecule is CC1(C)c2ccccc2-c2ccc(-c3ccccc3-c3c4ccccc4c(-c4ccc5ccccc5c4)c4ccncc34)cc21. The third-order valence-electron chi connectivity index (χ3n) is 9.95. The molecule has 45 heavy (non-hydrogen) atoms. The highest BCUT2D eigenvalue weighted by Gasteiger charge is 2.35. The summed E-state index contributed by atoms with van der Waals surface area (Å²) in [7, 11) is 0. The number of aromatic nitrogens is 1. The molecule has 212 valence electrons. The first-order chi connectivity index (χ1) is 22.1. The second kappa shape index (κ2) is 9.74. The van der Waals surface area contributed by atoms with Crippen LogP contribution in [0.5, 0.6) is 0 Å². The maximum absolute atomic E-state index is 4.68. The summed E-state index contributed by atoms with van der Waals surface area (Å²) in [5, 5.41) is 7.37. The Hall–Kier alpha value is -5.53. The molecule has 1 heterocycles. The molecule has 0 spiro atoms. The highest BCUT2D eigenvalue weighted by atomic mass is 14.6. The van der Waals surface area contributed by atoms with Crippen LogP contribution in [0, 0.1) is 0 Å². The smallest absolute Gasteiger partial charge is 0.0353 e. The summed E-state index contributed by atoms with van der Waals surface area (Å²) >= 11 is 0. The van der Waals surface area contributed by atoms with Gasteiger partial charge in [0.2, 0.25) is 0 Å². The van der Waals surface area contributed by atoms with Crippen molar-refractivity contribution >= 4 is 32.3 Å². The van der Waals surface area contributed by atoms with Crippen molar-refractivity contribution in [3.63, 3.8) is 0 Å². The zero-order valence-electron chi connectivity index (χ0n) is 25.4. The van der Waals surface area contributed by atoms with Crippen LogP contribution >= 0.6 is 0 Å². The van der Waals surface area contributed by atoms with Gasteiger partial charge in [-0.05, 0) is 101 Å². The van der Waals surface area contributed by atoms with Gasteiger partial charge in [0.15, 0.2) is 0 Å². The van der Waals surface area contributed by atoms with E-state index in [1.807, 2.05) is 6.20 Å². The average molecular weight is 574 g/mol. The average Bonchev–Trinajstić information content (AvgIpc) is 3.32. The van der Waals surface area contributed by atoms with Gasteiger partial charge in [0, 0.05) is 23.2 Å². The van der Waals surface area contributed by atoms with Gasteiger partial charge in [-0.25, -0.2) is 0 Å². The second-order valence-corrected chi connectivity index (χ2v) is 12.8. The first kappa shape index (κ1) is 25.9. The van der Waals surface area contributed by atoms with Crippen molar-refractivity contribution in [2.45, 2.75) is 19.3 Å². The maximum atomic E-state index is 4.68. The lowest BCUT2D eigenvalue weighted by Gasteiger charge is -2.23. The highest BCUT2D eigenvalue weighted by molar-refractivity contribution is 6.22. The second-order valence-electron chi connectivity index (χ2n) is 12.8. The Morgan fingerprint density at radius 1 is 0.422 bits per heavy atom. The van der Waals surface area contributed by atoms with Gasteiger partial charge in [-0.2, -0.15) is 0 Å². The Bertz CT molecular complexity index is 2410. The fraction of sp³-hybridized carbons (Fsp3) is 0.0682. The van der Waals surface area contributed by atoms with Crippen LogP contribution in [0.15, 0.2) is 152 Å². The number of nitrogens with zero attached hydrogens (tertiary/aromatic N) is 1. The third-order valence-corrected chi connectivity index (χ3v) is 9.95. The molecule has 9 rings (SSSR count). The van der Waals surface area contributed by atoms with Gasteiger partial charge in [-0.15, -0.1) is 0 Å². The largest absolute Gasteiger partial charge is 0.264 e. The molecule has 1 aliphatic rings. The standard InChI is InChI=1S/C44H31N/c1-44(2)40-18-10-9-14-33(40)34-22-21-30(26-41(34)44)32-13-5-6-15-35(32)43-37-17-8-7-16-36(37)42(38-23-24-45-27-39(38)43)31-20-19-28-11-3-4-12-29(28)25-31/h3-27H,1-2H3. The van der Waals surface area contributed by atoms with E-state index in [2.05, 4.69) is 165 Å². The van der Waals surface area contributed by atoms with Crippen LogP contribution in [0.1, 0.15) is 25.0 Å². The molecule has 1 aliphatic carbocycles. The van der Waals surface area contributed by atoms with Crippen LogP contribution in [0.2, 0.25) is 0 Å². The quantitative estimate of drug-likeness (QED) is 0.192. The van der Waals surface area contributed by atoms with E-state index in [4.69, 9.17) is 0 Å². The zero-order valence-corrected chi connectivity index (χ0v) is 25.4. The fourth-order valence-corrected chi connectivity index (χ4v) is 7.79. The molecule has 8 aromatic rings. The summed E-state index contributed by atoms with van der Waals surface area (Å²) in [6, 6.07) is 51.3. The van der Waals surface area contributed by atoms with E-state index in [0.717, 1.165) is 0 Å². The number of fused-ring (bicyclic) bond motifs is 6. The Balaban J connectivity index is 1.31. The van der Waals surface area contributed by atoms with Crippen molar-refractivity contribution in [3.8, 4) is 44.5 Å². The van der Waals surface area contributed by atoms with E-state index >= 15 is 0 Å². The molecule has 1 nitrogen and oxygen atoms in total. The van der Waals surface area contributed by atoms with E-state index in [1.165, 1.54) is 88.0 Å². The van der Waals surface area contributed by atoms with Crippen molar-refractivity contribution in [2.75, 3.05) is 0 Å². The van der Waals surface area contributed by atoms with Crippen molar-refractivity contribution in [1.82, 2.24) is 4.98 Å². The van der Waals surface area contributed by atoms with Crippen molar-refractivity contribution in [2.24, 2.45) is 0 Å². The van der Waals surface area contributed by atoms with E-state index in [0.29, 0.717) is 0 Å². The van der Waals surface area contributed by atoms with E-state index < -0.39 is 0 Å². The van der Waals surface area contributed by atoms with Crippen LogP contribution < -0.4 is 0 Å². The van der Waals surface area contributed by atoms with Crippen LogP contribution in [0.4, 0.5) is 0 Å². The van der Waals surface area contributed by atoms with Gasteiger partial charge in [0.25, 0.3) is 0 Å². The molecule has 0 saturated heterocycles. The van der Waals surface area contributed by atoms with Crippen molar-refractivity contribution < 1.29 is 0 Å². The zero-order chi connectivity index (χ0) is 30.1. The van der Waals surface area contributed by atoms with E-state index in [1.54, 1.807) is 0 Å². The van der Waals surface area contributed by atoms with Gasteiger partial charge in [-0.1, -0.05) is 135 Å². The topological polar surface area (TPSA) is 12.9 Å². The summed E-state index contributed by atoms with van der Waals surface area (Å²) in [5.41, 5.74) is 12.8. The number of pyridine rings is 1. The predicted octanol–water partition coefficient (Wildman–Crippen LogP) is 11.8. The van der Waals surface area contributed by atoms with Gasteiger partial charge in [0.1, 0.15) is 0 Å². The normalized spacial score (nSPS) is 13.3. The molecule has 1 aromatic heterocycles. The van der Waals surface area contributed by atoms with E-state index in [9.17, 15) is 0 Å². The first-order valence-corrected chi connectivity index (χ1v) is 15.7. The number of hydrogen-bond acceptors (Lipinski definition) is 1. The highest BCUT2D eigenvalue weighted by Crippen LogP contribution is 2.51. The van der Waals surface area contributed by atoms with Crippen LogP contribution in [-0.2, 0) is 5.41 Å². The summed E-state index contributed by atoms with van der Waals surface area (Å²) in [6.45, 7) is 4.71. The molecule has 0 saturated carbocycles. The minimum absolute atomic E-state index is 0.0539. The Morgan fingerprint density at radius 2 is 1.04 bits per heavy atom. The number of hydrogen-bond donors (Lipinski definition) is 0. The summed E-state index contributed by atoms with van der Waals surface area (Å²) in [6.07, 6.45) is 3.98. The lowest BCUT2D eigenvalue weighted by atomic mass is 9.80. The Morgan fingerprint density at radius 3 is 1.89 bits per heavy atom. The number of benzene rings is 7. The molecule has 0 radical (unpaired) electrons. The summed E-state index contributed by atoms with van der Waals surface area (Å²) in [4.78, 5) is 4.68. The molecule has 0 atom stereocenters. The van der Waals surface area contributed by atoms with Crippen molar-refractivity contribution in [1.29, 1.82) is 0 Å². The molecule has 0 fully saturated rings.